The second-order valence-corrected chi connectivity index (χ2v) is 6.62. The van der Waals surface area contributed by atoms with Gasteiger partial charge in [0.1, 0.15) is 0 Å². The van der Waals surface area contributed by atoms with E-state index in [4.69, 9.17) is 35.4 Å². The Kier molecular flexibility index (Phi) is 5.68. The lowest BCUT2D eigenvalue weighted by molar-refractivity contribution is 0.716. The van der Waals surface area contributed by atoms with E-state index in [9.17, 15) is 0 Å². The summed E-state index contributed by atoms with van der Waals surface area (Å²) in [6, 6.07) is 11.8. The first-order valence-corrected chi connectivity index (χ1v) is 8.12. The molecule has 22 heavy (non-hydrogen) atoms. The summed E-state index contributed by atoms with van der Waals surface area (Å²) in [5.41, 5.74) is 4.46. The van der Waals surface area contributed by atoms with E-state index < -0.39 is 0 Å². The lowest BCUT2D eigenvalue weighted by Crippen LogP contribution is -2.31. The summed E-state index contributed by atoms with van der Waals surface area (Å²) in [7, 11) is 0. The van der Waals surface area contributed by atoms with Gasteiger partial charge in [0.15, 0.2) is 5.11 Å². The van der Waals surface area contributed by atoms with E-state index in [0.29, 0.717) is 15.2 Å². The van der Waals surface area contributed by atoms with Gasteiger partial charge >= 0.3 is 0 Å². The number of rotatable bonds is 3. The van der Waals surface area contributed by atoms with Gasteiger partial charge < -0.3 is 10.6 Å². The minimum Gasteiger partial charge on any atom is -0.356 e. The van der Waals surface area contributed by atoms with Crippen LogP contribution >= 0.6 is 35.4 Å². The van der Waals surface area contributed by atoms with Crippen LogP contribution in [-0.2, 0) is 0 Å². The number of hydrogen-bond acceptors (Lipinski definition) is 1. The van der Waals surface area contributed by atoms with Gasteiger partial charge in [0.25, 0.3) is 0 Å². The average molecular weight is 353 g/mol. The van der Waals surface area contributed by atoms with E-state index >= 15 is 0 Å². The second-order valence-electron chi connectivity index (χ2n) is 5.34. The molecule has 0 amide bonds. The first-order chi connectivity index (χ1) is 10.3. The minimum atomic E-state index is 0.106. The number of benzene rings is 2. The van der Waals surface area contributed by atoms with Gasteiger partial charge in [0.05, 0.1) is 6.04 Å². The molecular weight excluding hydrogens is 335 g/mol. The van der Waals surface area contributed by atoms with Crippen LogP contribution < -0.4 is 10.6 Å². The van der Waals surface area contributed by atoms with Gasteiger partial charge in [-0.25, -0.2) is 0 Å². The zero-order valence-electron chi connectivity index (χ0n) is 12.7. The maximum Gasteiger partial charge on any atom is 0.171 e. The van der Waals surface area contributed by atoms with Gasteiger partial charge in [0, 0.05) is 15.7 Å². The molecule has 2 rings (SSSR count). The summed E-state index contributed by atoms with van der Waals surface area (Å²) in [4.78, 5) is 0. The highest BCUT2D eigenvalue weighted by Gasteiger charge is 2.10. The molecular formula is C17H18Cl2N2S. The van der Waals surface area contributed by atoms with E-state index in [1.807, 2.05) is 0 Å². The molecule has 0 aromatic heterocycles. The second kappa shape index (κ2) is 7.32. The Morgan fingerprint density at radius 1 is 1.05 bits per heavy atom. The molecule has 2 nitrogen and oxygen atoms in total. The fraction of sp³-hybridized carbons (Fsp3) is 0.235. The summed E-state index contributed by atoms with van der Waals surface area (Å²) < 4.78 is 0. The van der Waals surface area contributed by atoms with Crippen LogP contribution in [0.3, 0.4) is 0 Å². The SMILES string of the molecule is Cc1ccc(C)c(C(C)NC(=S)Nc2cc(Cl)cc(Cl)c2)c1. The van der Waals surface area contributed by atoms with Crippen LogP contribution in [0, 0.1) is 13.8 Å². The van der Waals surface area contributed by atoms with Crippen molar-refractivity contribution in [2.75, 3.05) is 5.32 Å². The summed E-state index contributed by atoms with van der Waals surface area (Å²) >= 11 is 17.3. The smallest absolute Gasteiger partial charge is 0.171 e. The minimum absolute atomic E-state index is 0.106. The molecule has 0 aliphatic rings. The van der Waals surface area contributed by atoms with Crippen molar-refractivity contribution in [3.63, 3.8) is 0 Å². The van der Waals surface area contributed by atoms with Crippen LogP contribution in [0.4, 0.5) is 5.69 Å². The van der Waals surface area contributed by atoms with E-state index in [-0.39, 0.29) is 6.04 Å². The first kappa shape index (κ1) is 17.1. The molecule has 0 saturated carbocycles. The third-order valence-corrected chi connectivity index (χ3v) is 4.03. The summed E-state index contributed by atoms with van der Waals surface area (Å²) in [5.74, 6) is 0. The van der Waals surface area contributed by atoms with E-state index in [0.717, 1.165) is 5.69 Å². The molecule has 1 atom stereocenters. The van der Waals surface area contributed by atoms with Crippen LogP contribution in [0.2, 0.25) is 10.0 Å². The van der Waals surface area contributed by atoms with Gasteiger partial charge in [-0.15, -0.1) is 0 Å². The van der Waals surface area contributed by atoms with Crippen molar-refractivity contribution in [2.45, 2.75) is 26.8 Å². The Hall–Kier alpha value is -1.29. The van der Waals surface area contributed by atoms with E-state index in [1.54, 1.807) is 18.2 Å². The molecule has 0 saturated heterocycles. The highest BCUT2D eigenvalue weighted by atomic mass is 35.5. The molecule has 5 heteroatoms. The molecule has 2 aromatic carbocycles. The van der Waals surface area contributed by atoms with Crippen molar-refractivity contribution in [1.82, 2.24) is 5.32 Å². The van der Waals surface area contributed by atoms with Crippen LogP contribution in [-0.4, -0.2) is 5.11 Å². The molecule has 2 N–H and O–H groups in total. The molecule has 116 valence electrons. The van der Waals surface area contributed by atoms with Crippen molar-refractivity contribution in [3.05, 3.63) is 63.1 Å². The topological polar surface area (TPSA) is 24.1 Å². The molecule has 0 aliphatic carbocycles. The van der Waals surface area contributed by atoms with Gasteiger partial charge in [0.2, 0.25) is 0 Å². The number of hydrogen-bond donors (Lipinski definition) is 2. The zero-order chi connectivity index (χ0) is 16.3. The van der Waals surface area contributed by atoms with Gasteiger partial charge in [-0.1, -0.05) is 47.0 Å². The van der Waals surface area contributed by atoms with Gasteiger partial charge in [-0.2, -0.15) is 0 Å². The van der Waals surface area contributed by atoms with Crippen LogP contribution in [0.5, 0.6) is 0 Å². The highest BCUT2D eigenvalue weighted by molar-refractivity contribution is 7.80. The maximum atomic E-state index is 5.99. The largest absolute Gasteiger partial charge is 0.356 e. The number of halogens is 2. The van der Waals surface area contributed by atoms with Crippen molar-refractivity contribution in [1.29, 1.82) is 0 Å². The Morgan fingerprint density at radius 2 is 1.68 bits per heavy atom. The Bertz CT molecular complexity index is 681. The Balaban J connectivity index is 2.06. The van der Waals surface area contributed by atoms with Crippen LogP contribution in [0.1, 0.15) is 29.7 Å². The summed E-state index contributed by atoms with van der Waals surface area (Å²) in [6.07, 6.45) is 0. The number of nitrogens with one attached hydrogen (secondary N) is 2. The molecule has 0 heterocycles. The lowest BCUT2D eigenvalue weighted by atomic mass is 10.0. The molecule has 1 unspecified atom stereocenters. The van der Waals surface area contributed by atoms with Gasteiger partial charge in [-0.05, 0) is 62.3 Å². The molecule has 0 radical (unpaired) electrons. The predicted octanol–water partition coefficient (Wildman–Crippen LogP) is 5.66. The Labute approximate surface area is 146 Å². The highest BCUT2D eigenvalue weighted by Crippen LogP contribution is 2.23. The zero-order valence-corrected chi connectivity index (χ0v) is 15.0. The molecule has 0 bridgehead atoms. The van der Waals surface area contributed by atoms with Crippen molar-refractivity contribution < 1.29 is 0 Å². The Morgan fingerprint density at radius 3 is 2.32 bits per heavy atom. The van der Waals surface area contributed by atoms with Crippen molar-refractivity contribution in [3.8, 4) is 0 Å². The normalized spacial score (nSPS) is 11.9. The summed E-state index contributed by atoms with van der Waals surface area (Å²) in [6.45, 7) is 6.26. The van der Waals surface area contributed by atoms with Crippen LogP contribution in [0.25, 0.3) is 0 Å². The fourth-order valence-electron chi connectivity index (χ4n) is 2.29. The predicted molar refractivity (Wildman–Crippen MR) is 100 cm³/mol. The number of aryl methyl sites for hydroxylation is 2. The lowest BCUT2D eigenvalue weighted by Gasteiger charge is -2.20. The molecule has 0 fully saturated rings. The number of thiocarbonyl (C=S) groups is 1. The molecule has 2 aromatic rings. The summed E-state index contributed by atoms with van der Waals surface area (Å²) in [5, 5.41) is 8.07. The third kappa shape index (κ3) is 4.60. The molecule has 0 aliphatic heterocycles. The van der Waals surface area contributed by atoms with Crippen molar-refractivity contribution in [2.24, 2.45) is 0 Å². The first-order valence-electron chi connectivity index (χ1n) is 6.96. The quantitative estimate of drug-likeness (QED) is 0.697. The van der Waals surface area contributed by atoms with Crippen LogP contribution in [0.15, 0.2) is 36.4 Å². The van der Waals surface area contributed by atoms with E-state index in [1.165, 1.54) is 16.7 Å². The van der Waals surface area contributed by atoms with E-state index in [2.05, 4.69) is 49.6 Å². The van der Waals surface area contributed by atoms with Gasteiger partial charge in [-0.3, -0.25) is 0 Å². The average Bonchev–Trinajstić information content (AvgIpc) is 2.39. The van der Waals surface area contributed by atoms with Crippen molar-refractivity contribution >= 4 is 46.2 Å². The molecule has 0 spiro atoms. The fourth-order valence-corrected chi connectivity index (χ4v) is 3.11. The number of anilines is 1. The third-order valence-electron chi connectivity index (χ3n) is 3.37. The standard InChI is InChI=1S/C17H18Cl2N2S/c1-10-4-5-11(2)16(6-10)12(3)20-17(22)21-15-8-13(18)7-14(19)9-15/h4-9,12H,1-3H3,(H2,20,21,22). The maximum absolute atomic E-state index is 5.99. The monoisotopic (exact) mass is 352 g/mol.